The van der Waals surface area contributed by atoms with E-state index in [-0.39, 0.29) is 67.0 Å². The molecule has 1 aliphatic heterocycles. The SMILES string of the molecule is C#CCCCON(C(=O)[C@@H](NC(=O)[C@H]1CCCCN1C)[C@@H](C)CC)[C@H](C[C@@H](OC(C)=O)c1nc(C(=O)N[C@@H](Cc2ccc(NC(=O)CNC(=O)CNC(=O)CNC(=O)CNC(=O)[C@H](CO)NC(=O)COC(C)CC)cc2)CC(C)(C)C(=O)O)cs1)C(C)C. The topological polar surface area (TPSA) is 372 Å². The number of nitrogens with zero attached hydrogens (tertiary/aromatic N) is 3. The lowest BCUT2D eigenvalue weighted by Crippen LogP contribution is -2.58. The molecule has 0 aliphatic carbocycles. The van der Waals surface area contributed by atoms with Crippen molar-refractivity contribution in [1.29, 1.82) is 0 Å². The summed E-state index contributed by atoms with van der Waals surface area (Å²) in [6.07, 6.45) is 8.94. The van der Waals surface area contributed by atoms with Crippen LogP contribution in [-0.2, 0) is 68.7 Å². The van der Waals surface area contributed by atoms with Crippen LogP contribution in [0.15, 0.2) is 29.6 Å². The monoisotopic (exact) mass is 1250 g/mol. The smallest absolute Gasteiger partial charge is 0.309 e. The fourth-order valence-electron chi connectivity index (χ4n) is 9.06. The average Bonchev–Trinajstić information content (AvgIpc) is 4.14. The largest absolute Gasteiger partial charge is 0.481 e. The number of aliphatic hydroxyl groups excluding tert-OH is 1. The van der Waals surface area contributed by atoms with Crippen molar-refractivity contribution in [2.75, 3.05) is 64.9 Å². The number of piperidine rings is 1. The zero-order chi connectivity index (χ0) is 65.7. The van der Waals surface area contributed by atoms with Crippen LogP contribution in [0.3, 0.4) is 0 Å². The summed E-state index contributed by atoms with van der Waals surface area (Å²) >= 11 is 1.05. The average molecular weight is 1250 g/mol. The fourth-order valence-corrected chi connectivity index (χ4v) is 9.90. The van der Waals surface area contributed by atoms with Crippen LogP contribution in [0.2, 0.25) is 0 Å². The zero-order valence-corrected chi connectivity index (χ0v) is 53.1. The second-order valence-electron chi connectivity index (χ2n) is 22.8. The minimum Gasteiger partial charge on any atom is -0.481 e. The summed E-state index contributed by atoms with van der Waals surface area (Å²) in [5, 5.41) is 42.7. The Hall–Kier alpha value is -7.58. The van der Waals surface area contributed by atoms with Gasteiger partial charge in [-0.1, -0.05) is 59.6 Å². The molecule has 2 heterocycles. The number of rotatable bonds is 38. The minimum atomic E-state index is -1.35. The fraction of sp³-hybridized carbons (Fsp3) is 0.633. The Morgan fingerprint density at radius 2 is 1.48 bits per heavy atom. The molecule has 0 bridgehead atoms. The Morgan fingerprint density at radius 1 is 0.852 bits per heavy atom. The first-order valence-electron chi connectivity index (χ1n) is 29.7. The second kappa shape index (κ2) is 38.0. The summed E-state index contributed by atoms with van der Waals surface area (Å²) in [5.41, 5.74) is -0.355. The minimum absolute atomic E-state index is 0.00706. The highest BCUT2D eigenvalue weighted by Crippen LogP contribution is 2.33. The normalized spacial score (nSPS) is 15.7. The number of hydrogen-bond acceptors (Lipinski definition) is 18. The predicted octanol–water partition coefficient (Wildman–Crippen LogP) is 1.89. The number of nitrogens with one attached hydrogen (secondary N) is 8. The third kappa shape index (κ3) is 26.0. The summed E-state index contributed by atoms with van der Waals surface area (Å²) in [7, 11) is 1.89. The van der Waals surface area contributed by atoms with Crippen molar-refractivity contribution in [2.24, 2.45) is 17.3 Å². The van der Waals surface area contributed by atoms with Crippen LogP contribution in [0.1, 0.15) is 147 Å². The molecule has 88 heavy (non-hydrogen) atoms. The number of likely N-dealkylation sites (tertiary alicyclic amines) is 1. The molecule has 488 valence electrons. The van der Waals surface area contributed by atoms with E-state index >= 15 is 0 Å². The lowest BCUT2D eigenvalue weighted by atomic mass is 9.84. The van der Waals surface area contributed by atoms with Gasteiger partial charge < -0.3 is 62.2 Å². The number of hydroxylamine groups is 2. The van der Waals surface area contributed by atoms with E-state index in [1.807, 2.05) is 46.6 Å². The van der Waals surface area contributed by atoms with Gasteiger partial charge in [-0.2, -0.15) is 0 Å². The molecule has 0 radical (unpaired) electrons. The number of thiazole rings is 1. The van der Waals surface area contributed by atoms with Crippen molar-refractivity contribution in [1.82, 2.24) is 52.2 Å². The molecule has 10 N–H and O–H groups in total. The number of amides is 9. The molecule has 8 atom stereocenters. The highest BCUT2D eigenvalue weighted by molar-refractivity contribution is 7.09. The molecule has 1 aromatic carbocycles. The standard InChI is InChI=1S/C60H91N11O16S/c1-12-15-18-25-86-71(58(82)53(37(6)13-2)69-56(81)45-19-16-17-24-70(45)11)46(36(4)5)27-47(87-39(8)73)57-68-44(35-88-57)55(80)66-42(28-60(9,10)59(83)84)26-40-20-22-41(23-21-40)65-51(77)32-63-49(75)30-61-48(74)29-62-50(76)31-64-54(79)43(33-72)67-52(78)34-85-38(7)14-3/h1,20-23,35-38,42-43,45-47,53,72H,13-19,24-34H2,2-11H3,(H,61,74)(H,62,76)(H,63,75)(H,64,79)(H,65,77)(H,66,80)(H,67,78)(H,69,81)(H,83,84)/t37-,38?,42-,43-,45+,46+,47+,53-/m0/s1. The van der Waals surface area contributed by atoms with Crippen molar-refractivity contribution >= 4 is 82.1 Å². The molecule has 28 heteroatoms. The molecule has 2 aromatic rings. The molecule has 0 spiro atoms. The number of hydrogen-bond donors (Lipinski definition) is 10. The van der Waals surface area contributed by atoms with E-state index in [9.17, 15) is 63.0 Å². The number of esters is 1. The summed E-state index contributed by atoms with van der Waals surface area (Å²) in [4.78, 5) is 155. The van der Waals surface area contributed by atoms with Crippen LogP contribution < -0.4 is 42.5 Å². The Morgan fingerprint density at radius 3 is 2.03 bits per heavy atom. The number of aliphatic hydroxyl groups is 1. The van der Waals surface area contributed by atoms with Gasteiger partial charge in [-0.3, -0.25) is 62.5 Å². The maximum Gasteiger partial charge on any atom is 0.309 e. The number of terminal acetylenes is 1. The van der Waals surface area contributed by atoms with E-state index in [1.54, 1.807) is 31.2 Å². The number of benzene rings is 1. The number of carboxylic acid groups (broad SMARTS) is 1. The van der Waals surface area contributed by atoms with Gasteiger partial charge in [0.25, 0.3) is 11.8 Å². The number of aliphatic carboxylic acids is 1. The van der Waals surface area contributed by atoms with Crippen molar-refractivity contribution in [3.8, 4) is 12.3 Å². The van der Waals surface area contributed by atoms with Gasteiger partial charge in [-0.15, -0.1) is 23.7 Å². The molecule has 27 nitrogen and oxygen atoms in total. The van der Waals surface area contributed by atoms with Gasteiger partial charge in [0, 0.05) is 36.9 Å². The number of likely N-dealkylation sites (N-methyl/N-ethyl adjacent to an activating group) is 1. The number of carboxylic acids is 1. The molecule has 1 saturated heterocycles. The first kappa shape index (κ1) is 74.7. The quantitative estimate of drug-likeness (QED) is 0.0199. The van der Waals surface area contributed by atoms with E-state index in [0.29, 0.717) is 43.4 Å². The Labute approximate surface area is 519 Å². The van der Waals surface area contributed by atoms with Crippen LogP contribution in [0.25, 0.3) is 0 Å². The van der Waals surface area contributed by atoms with Gasteiger partial charge >= 0.3 is 11.9 Å². The highest BCUT2D eigenvalue weighted by Gasteiger charge is 2.40. The number of carbonyl (C=O) groups is 11. The molecule has 0 saturated carbocycles. The number of aromatic nitrogens is 1. The van der Waals surface area contributed by atoms with Crippen LogP contribution in [0.5, 0.6) is 0 Å². The third-order valence-corrected chi connectivity index (χ3v) is 15.6. The molecule has 1 aliphatic rings. The van der Waals surface area contributed by atoms with E-state index in [0.717, 1.165) is 30.7 Å². The van der Waals surface area contributed by atoms with Gasteiger partial charge in [0.15, 0.2) is 6.10 Å². The molecule has 3 rings (SSSR count). The Balaban J connectivity index is 1.66. The number of anilines is 1. The lowest BCUT2D eigenvalue weighted by Gasteiger charge is -2.39. The third-order valence-electron chi connectivity index (χ3n) is 14.7. The van der Waals surface area contributed by atoms with Crippen LogP contribution in [0, 0.1) is 29.6 Å². The maximum absolute atomic E-state index is 14.9. The number of carbonyl (C=O) groups excluding carboxylic acids is 10. The van der Waals surface area contributed by atoms with Crippen molar-refractivity contribution in [2.45, 2.75) is 169 Å². The van der Waals surface area contributed by atoms with E-state index in [1.165, 1.54) is 31.2 Å². The lowest BCUT2D eigenvalue weighted by molar-refractivity contribution is -0.213. The molecule has 1 unspecified atom stereocenters. The molecule has 1 fully saturated rings. The van der Waals surface area contributed by atoms with Gasteiger partial charge in [-0.25, -0.2) is 10.0 Å². The molecular weight excluding hydrogens is 1160 g/mol. The van der Waals surface area contributed by atoms with Gasteiger partial charge in [0.2, 0.25) is 41.4 Å². The van der Waals surface area contributed by atoms with Crippen molar-refractivity contribution < 1.29 is 77.3 Å². The number of unbranched alkanes of at least 4 members (excludes halogenated alkanes) is 1. The molecular formula is C60H91N11O16S. The molecule has 9 amide bonds. The zero-order valence-electron chi connectivity index (χ0n) is 52.2. The predicted molar refractivity (Wildman–Crippen MR) is 325 cm³/mol. The summed E-state index contributed by atoms with van der Waals surface area (Å²) in [6.45, 7) is 13.1. The van der Waals surface area contributed by atoms with Crippen molar-refractivity contribution in [3.63, 3.8) is 0 Å². The van der Waals surface area contributed by atoms with Crippen molar-refractivity contribution in [3.05, 3.63) is 45.9 Å². The Kier molecular flexibility index (Phi) is 32.2. The van der Waals surface area contributed by atoms with E-state index < -0.39 is 134 Å². The summed E-state index contributed by atoms with van der Waals surface area (Å²) < 4.78 is 11.2. The Bertz CT molecular complexity index is 2720. The molecule has 1 aromatic heterocycles. The second-order valence-corrected chi connectivity index (χ2v) is 23.7. The van der Waals surface area contributed by atoms with Crippen LogP contribution in [-0.4, -0.2) is 186 Å². The maximum atomic E-state index is 14.9. The van der Waals surface area contributed by atoms with Gasteiger partial charge in [-0.05, 0) is 102 Å². The van der Waals surface area contributed by atoms with E-state index in [2.05, 4.69) is 53.4 Å². The van der Waals surface area contributed by atoms with Gasteiger partial charge in [0.1, 0.15) is 29.4 Å². The van der Waals surface area contributed by atoms with E-state index in [4.69, 9.17) is 20.7 Å². The van der Waals surface area contributed by atoms with Gasteiger partial charge in [0.05, 0.1) is 63.0 Å². The first-order valence-corrected chi connectivity index (χ1v) is 30.6. The summed E-state index contributed by atoms with van der Waals surface area (Å²) in [6, 6.07) is 2.26. The van der Waals surface area contributed by atoms with Crippen LogP contribution in [0.4, 0.5) is 5.69 Å². The first-order chi connectivity index (χ1) is 41.6. The number of ether oxygens (including phenoxy) is 2. The van der Waals surface area contributed by atoms with Crippen LogP contribution >= 0.6 is 11.3 Å². The summed E-state index contributed by atoms with van der Waals surface area (Å²) in [5.74, 6) is -5.52. The highest BCUT2D eigenvalue weighted by atomic mass is 32.1.